The Morgan fingerprint density at radius 2 is 1.21 bits per heavy atom. The Bertz CT molecular complexity index is 785. The molecule has 1 N–H and O–H groups in total. The van der Waals surface area contributed by atoms with Crippen molar-refractivity contribution in [3.05, 3.63) is 82.8 Å². The third-order valence-electron chi connectivity index (χ3n) is 3.19. The number of para-hydroxylation sites is 2. The van der Waals surface area contributed by atoms with Gasteiger partial charge in [0, 0.05) is 0 Å². The minimum atomic E-state index is -1.06. The fourth-order valence-electron chi connectivity index (χ4n) is 2.08. The Morgan fingerprint density at radius 3 is 1.58 bits per heavy atom. The third kappa shape index (κ3) is 3.75. The van der Waals surface area contributed by atoms with E-state index in [2.05, 4.69) is 15.9 Å². The summed E-state index contributed by atoms with van der Waals surface area (Å²) in [5, 5.41) is 9.33. The van der Waals surface area contributed by atoms with E-state index in [0.717, 1.165) is 0 Å². The quantitative estimate of drug-likeness (QED) is 0.609. The van der Waals surface area contributed by atoms with Crippen molar-refractivity contribution in [2.45, 2.75) is 0 Å². The highest BCUT2D eigenvalue weighted by atomic mass is 79.9. The molecule has 0 bridgehead atoms. The van der Waals surface area contributed by atoms with E-state index < -0.39 is 5.97 Å². The lowest BCUT2D eigenvalue weighted by Crippen LogP contribution is -1.99. The van der Waals surface area contributed by atoms with Crippen LogP contribution >= 0.6 is 15.9 Å². The van der Waals surface area contributed by atoms with Crippen LogP contribution in [0.2, 0.25) is 0 Å². The maximum Gasteiger partial charge on any atom is 0.335 e. The molecule has 0 unspecified atom stereocenters. The smallest absolute Gasteiger partial charge is 0.335 e. The molecule has 0 saturated carbocycles. The van der Waals surface area contributed by atoms with E-state index in [4.69, 9.17) is 9.47 Å². The summed E-state index contributed by atoms with van der Waals surface area (Å²) in [5.74, 6) is 0.884. The predicted octanol–water partition coefficient (Wildman–Crippen LogP) is 5.73. The molecule has 3 rings (SSSR count). The van der Waals surface area contributed by atoms with Crippen LogP contribution in [-0.2, 0) is 0 Å². The Balaban J connectivity index is 2.00. The van der Waals surface area contributed by atoms with Crippen LogP contribution in [0, 0.1) is 0 Å². The maximum absolute atomic E-state index is 11.4. The molecule has 0 radical (unpaired) electrons. The van der Waals surface area contributed by atoms with Crippen molar-refractivity contribution in [3.63, 3.8) is 0 Å². The summed E-state index contributed by atoms with van der Waals surface area (Å²) < 4.78 is 12.1. The van der Waals surface area contributed by atoms with E-state index in [-0.39, 0.29) is 5.56 Å². The number of halogens is 1. The lowest BCUT2D eigenvalue weighted by atomic mass is 10.2. The molecule has 0 aromatic heterocycles. The van der Waals surface area contributed by atoms with Crippen molar-refractivity contribution >= 4 is 21.9 Å². The van der Waals surface area contributed by atoms with Crippen molar-refractivity contribution in [3.8, 4) is 23.0 Å². The van der Waals surface area contributed by atoms with E-state index in [9.17, 15) is 9.90 Å². The summed E-state index contributed by atoms with van der Waals surface area (Å²) in [6, 6.07) is 21.2. The Hall–Kier alpha value is -2.79. The van der Waals surface area contributed by atoms with Gasteiger partial charge in [0.2, 0.25) is 0 Å². The maximum atomic E-state index is 11.4. The van der Waals surface area contributed by atoms with Crippen LogP contribution < -0.4 is 9.47 Å². The second-order valence-corrected chi connectivity index (χ2v) is 5.71. The van der Waals surface area contributed by atoms with E-state index in [1.165, 1.54) is 12.1 Å². The SMILES string of the molecule is O=C(O)c1cc(Oc2ccccc2)c(Br)c(Oc2ccccc2)c1. The standard InChI is InChI=1S/C19H13BrO4/c20-18-16(23-14-7-3-1-4-8-14)11-13(19(21)22)12-17(18)24-15-9-5-2-6-10-15/h1-12H,(H,21,22). The first-order valence-corrected chi connectivity index (χ1v) is 7.95. The summed E-state index contributed by atoms with van der Waals surface area (Å²) in [5.41, 5.74) is 0.0788. The van der Waals surface area contributed by atoms with E-state index in [1.54, 1.807) is 24.3 Å². The molecule has 4 nitrogen and oxygen atoms in total. The second kappa shape index (κ2) is 7.19. The molecular weight excluding hydrogens is 372 g/mol. The highest BCUT2D eigenvalue weighted by molar-refractivity contribution is 9.10. The molecule has 24 heavy (non-hydrogen) atoms. The van der Waals surface area contributed by atoms with Gasteiger partial charge in [0.05, 0.1) is 5.56 Å². The molecular formula is C19H13BrO4. The number of carboxylic acid groups (broad SMARTS) is 1. The molecule has 5 heteroatoms. The molecule has 0 aliphatic heterocycles. The van der Waals surface area contributed by atoms with Crippen LogP contribution in [0.4, 0.5) is 0 Å². The monoisotopic (exact) mass is 384 g/mol. The largest absolute Gasteiger partial charge is 0.478 e. The summed E-state index contributed by atoms with van der Waals surface area (Å²) in [7, 11) is 0. The lowest BCUT2D eigenvalue weighted by molar-refractivity contribution is 0.0696. The van der Waals surface area contributed by atoms with Crippen molar-refractivity contribution in [1.82, 2.24) is 0 Å². The number of hydrogen-bond donors (Lipinski definition) is 1. The Labute approximate surface area is 147 Å². The van der Waals surface area contributed by atoms with Crippen molar-refractivity contribution in [2.24, 2.45) is 0 Å². The van der Waals surface area contributed by atoms with Gasteiger partial charge >= 0.3 is 5.97 Å². The van der Waals surface area contributed by atoms with Crippen molar-refractivity contribution < 1.29 is 19.4 Å². The molecule has 0 aliphatic rings. The molecule has 0 atom stereocenters. The molecule has 0 aliphatic carbocycles. The van der Waals surface area contributed by atoms with Crippen LogP contribution in [0.5, 0.6) is 23.0 Å². The fraction of sp³-hybridized carbons (Fsp3) is 0. The van der Waals surface area contributed by atoms with Crippen LogP contribution in [0.1, 0.15) is 10.4 Å². The van der Waals surface area contributed by atoms with Crippen molar-refractivity contribution in [1.29, 1.82) is 0 Å². The number of hydrogen-bond acceptors (Lipinski definition) is 3. The van der Waals surface area contributed by atoms with Crippen LogP contribution in [0.15, 0.2) is 77.3 Å². The average Bonchev–Trinajstić information content (AvgIpc) is 2.60. The summed E-state index contributed by atoms with van der Waals surface area (Å²) >= 11 is 3.44. The average molecular weight is 385 g/mol. The van der Waals surface area contributed by atoms with Crippen LogP contribution in [-0.4, -0.2) is 11.1 Å². The van der Waals surface area contributed by atoms with Gasteiger partial charge in [-0.25, -0.2) is 4.79 Å². The normalized spacial score (nSPS) is 10.2. The number of carbonyl (C=O) groups is 1. The van der Waals surface area contributed by atoms with Crippen molar-refractivity contribution in [2.75, 3.05) is 0 Å². The van der Waals surface area contributed by atoms with Gasteiger partial charge in [-0.1, -0.05) is 36.4 Å². The van der Waals surface area contributed by atoms with Gasteiger partial charge in [0.15, 0.2) is 0 Å². The molecule has 0 amide bonds. The minimum Gasteiger partial charge on any atom is -0.478 e. The predicted molar refractivity (Wildman–Crippen MR) is 94.1 cm³/mol. The molecule has 0 saturated heterocycles. The zero-order valence-corrected chi connectivity index (χ0v) is 14.1. The molecule has 0 heterocycles. The zero-order valence-electron chi connectivity index (χ0n) is 12.5. The van der Waals surface area contributed by atoms with E-state index >= 15 is 0 Å². The van der Waals surface area contributed by atoms with Crippen LogP contribution in [0.25, 0.3) is 0 Å². The Kier molecular flexibility index (Phi) is 4.82. The number of benzene rings is 3. The van der Waals surface area contributed by atoms with Gasteiger partial charge in [0.1, 0.15) is 27.5 Å². The minimum absolute atomic E-state index is 0.0788. The van der Waals surface area contributed by atoms with Gasteiger partial charge in [-0.15, -0.1) is 0 Å². The van der Waals surface area contributed by atoms with Gasteiger partial charge in [0.25, 0.3) is 0 Å². The number of carboxylic acids is 1. The summed E-state index contributed by atoms with van der Waals surface area (Å²) in [6.45, 7) is 0. The molecule has 120 valence electrons. The first-order chi connectivity index (χ1) is 11.6. The first kappa shape index (κ1) is 16.1. The van der Waals surface area contributed by atoms with Gasteiger partial charge in [-0.3, -0.25) is 0 Å². The number of ether oxygens (including phenoxy) is 2. The number of rotatable bonds is 5. The zero-order chi connectivity index (χ0) is 16.9. The number of aromatic carboxylic acids is 1. The fourth-order valence-corrected chi connectivity index (χ4v) is 2.47. The topological polar surface area (TPSA) is 55.8 Å². The van der Waals surface area contributed by atoms with Gasteiger partial charge in [-0.2, -0.15) is 0 Å². The van der Waals surface area contributed by atoms with E-state index in [0.29, 0.717) is 27.5 Å². The van der Waals surface area contributed by atoms with Gasteiger partial charge < -0.3 is 14.6 Å². The third-order valence-corrected chi connectivity index (χ3v) is 3.98. The molecule has 0 spiro atoms. The molecule has 0 fully saturated rings. The highest BCUT2D eigenvalue weighted by Gasteiger charge is 2.16. The van der Waals surface area contributed by atoms with Crippen LogP contribution in [0.3, 0.4) is 0 Å². The van der Waals surface area contributed by atoms with E-state index in [1.807, 2.05) is 36.4 Å². The molecule has 3 aromatic carbocycles. The lowest BCUT2D eigenvalue weighted by Gasteiger charge is -2.13. The highest BCUT2D eigenvalue weighted by Crippen LogP contribution is 2.40. The second-order valence-electron chi connectivity index (χ2n) is 4.92. The first-order valence-electron chi connectivity index (χ1n) is 7.16. The van der Waals surface area contributed by atoms with Gasteiger partial charge in [-0.05, 0) is 52.3 Å². The molecule has 3 aromatic rings. The Morgan fingerprint density at radius 1 is 0.792 bits per heavy atom. The summed E-state index contributed by atoms with van der Waals surface area (Å²) in [6.07, 6.45) is 0. The summed E-state index contributed by atoms with van der Waals surface area (Å²) in [4.78, 5) is 11.4.